The molecule has 16 heteroatoms. The number of rotatable bonds is 31. The third-order valence-corrected chi connectivity index (χ3v) is 16.6. The minimum Gasteiger partial charge on any atom is -0.496 e. The van der Waals surface area contributed by atoms with Gasteiger partial charge in [0, 0.05) is 44.6 Å². The maximum absolute atomic E-state index is 13.8. The van der Waals surface area contributed by atoms with Crippen LogP contribution < -0.4 is 40.2 Å². The molecule has 2 fully saturated rings. The molecule has 8 rings (SSSR count). The third-order valence-electron chi connectivity index (χ3n) is 16.6. The lowest BCUT2D eigenvalue weighted by Crippen LogP contribution is -2.40. The van der Waals surface area contributed by atoms with Crippen molar-refractivity contribution in [1.29, 1.82) is 0 Å². The lowest BCUT2D eigenvalue weighted by molar-refractivity contribution is -0.122. The number of amides is 4. The van der Waals surface area contributed by atoms with Gasteiger partial charge in [0.25, 0.3) is 11.8 Å². The van der Waals surface area contributed by atoms with Crippen LogP contribution in [0.4, 0.5) is 0 Å². The number of hydrogen-bond donors (Lipinski definition) is 4. The zero-order valence-corrected chi connectivity index (χ0v) is 54.0. The predicted octanol–water partition coefficient (Wildman–Crippen LogP) is 14.5. The van der Waals surface area contributed by atoms with E-state index in [1.165, 1.54) is 19.3 Å². The summed E-state index contributed by atoms with van der Waals surface area (Å²) in [6, 6.07) is 34.9. The SMILES string of the molecule is CCCCNC(=O)C[C@H](CC(C)C)NC(=O)c1cc(-c2c(OC)cccc2OCc2ccccc2)n(C2CCC(C)CC2)n1.CCCCNC(=O)C[C@H](CC(C)C)NC(=O)c1cc(-c2c(OC)cccc2OCc2ccccc2)n(CC2CCCCC2)n1. The van der Waals surface area contributed by atoms with Crippen LogP contribution in [0.5, 0.6) is 23.0 Å². The standard InChI is InChI=1S/2C36H50N4O4/c1-6-7-20-37-34(41)22-28(21-25(2)3)38-36(42)30-23-31(40(39-30)29-18-16-26(4)17-19-29)35-32(43-5)14-11-15-33(35)44-24-27-12-9-8-10-13-27;1-5-6-20-37-34(41)22-29(21-26(2)3)38-36(42)30-23-31(40(39-30)24-27-14-9-7-10-15-27)35-32(43-4)18-13-19-33(35)44-25-28-16-11-8-12-17-28/h8-15,23,25-26,28-29H,6-7,16-22,24H2,1-5H3,(H,37,41)(H,38,42);8,11-13,16-19,23,26-27,29H,5-7,9-10,14-15,20-22,24-25H2,1-4H3,(H,37,41)(H,38,42)/t26?,28-,29?;29-/m00/s1. The molecular weight excluding hydrogens is 1100 g/mol. The highest BCUT2D eigenvalue weighted by atomic mass is 16.5. The van der Waals surface area contributed by atoms with Gasteiger partial charge in [-0.2, -0.15) is 10.2 Å². The Balaban J connectivity index is 0.000000251. The van der Waals surface area contributed by atoms with Gasteiger partial charge in [-0.3, -0.25) is 28.5 Å². The number of ether oxygens (including phenoxy) is 4. The van der Waals surface area contributed by atoms with Crippen LogP contribution in [-0.4, -0.2) is 82.6 Å². The quantitative estimate of drug-likeness (QED) is 0.0305. The van der Waals surface area contributed by atoms with Crippen LogP contribution in [0.1, 0.15) is 196 Å². The predicted molar refractivity (Wildman–Crippen MR) is 350 cm³/mol. The molecule has 0 bridgehead atoms. The number of hydrogen-bond acceptors (Lipinski definition) is 10. The summed E-state index contributed by atoms with van der Waals surface area (Å²) in [5, 5.41) is 22.1. The first kappa shape index (κ1) is 67.9. The largest absolute Gasteiger partial charge is 0.496 e. The second-order valence-corrected chi connectivity index (χ2v) is 25.0. The summed E-state index contributed by atoms with van der Waals surface area (Å²) in [7, 11) is 3.30. The number of methoxy groups -OCH3 is 2. The molecule has 2 heterocycles. The molecule has 88 heavy (non-hydrogen) atoms. The molecule has 0 saturated heterocycles. The maximum Gasteiger partial charge on any atom is 0.272 e. The fraction of sp³-hybridized carbons (Fsp3) is 0.528. The van der Waals surface area contributed by atoms with E-state index in [9.17, 15) is 19.2 Å². The Bertz CT molecular complexity index is 3090. The van der Waals surface area contributed by atoms with Gasteiger partial charge < -0.3 is 40.2 Å². The number of nitrogens with one attached hydrogen (secondary N) is 4. The van der Waals surface area contributed by atoms with Crippen molar-refractivity contribution in [2.24, 2.45) is 23.7 Å². The summed E-state index contributed by atoms with van der Waals surface area (Å²) in [5.74, 6) is 3.83. The summed E-state index contributed by atoms with van der Waals surface area (Å²) >= 11 is 0. The highest BCUT2D eigenvalue weighted by Crippen LogP contribution is 2.43. The molecule has 16 nitrogen and oxygen atoms in total. The fourth-order valence-corrected chi connectivity index (χ4v) is 12.0. The van der Waals surface area contributed by atoms with Crippen LogP contribution in [-0.2, 0) is 29.3 Å². The Morgan fingerprint density at radius 3 is 1.48 bits per heavy atom. The van der Waals surface area contributed by atoms with Gasteiger partial charge in [0.15, 0.2) is 11.4 Å². The Labute approximate surface area is 524 Å². The minimum atomic E-state index is -0.288. The summed E-state index contributed by atoms with van der Waals surface area (Å²) < 4.78 is 28.4. The first-order valence-corrected chi connectivity index (χ1v) is 32.7. The molecule has 0 spiro atoms. The Kier molecular flexibility index (Phi) is 27.3. The van der Waals surface area contributed by atoms with E-state index in [-0.39, 0.29) is 54.6 Å². The van der Waals surface area contributed by atoms with E-state index in [1.807, 2.05) is 119 Å². The average Bonchev–Trinajstić information content (AvgIpc) is 2.35. The normalized spacial score (nSPS) is 15.8. The topological polar surface area (TPSA) is 189 Å². The summed E-state index contributed by atoms with van der Waals surface area (Å²) in [6.45, 7) is 17.7. The molecule has 4 amide bonds. The lowest BCUT2D eigenvalue weighted by atomic mass is 9.87. The number of carbonyl (C=O) groups is 4. The first-order valence-electron chi connectivity index (χ1n) is 32.7. The van der Waals surface area contributed by atoms with E-state index >= 15 is 0 Å². The van der Waals surface area contributed by atoms with Crippen molar-refractivity contribution in [3.8, 4) is 45.5 Å². The molecule has 2 atom stereocenters. The molecule has 2 aromatic heterocycles. The maximum atomic E-state index is 13.8. The Morgan fingerprint density at radius 1 is 0.557 bits per heavy atom. The van der Waals surface area contributed by atoms with E-state index < -0.39 is 0 Å². The highest BCUT2D eigenvalue weighted by molar-refractivity contribution is 5.95. The van der Waals surface area contributed by atoms with Crippen molar-refractivity contribution in [3.63, 3.8) is 0 Å². The van der Waals surface area contributed by atoms with Crippen molar-refractivity contribution < 1.29 is 38.1 Å². The van der Waals surface area contributed by atoms with E-state index in [2.05, 4.69) is 69.7 Å². The van der Waals surface area contributed by atoms with Crippen LogP contribution >= 0.6 is 0 Å². The zero-order chi connectivity index (χ0) is 62.8. The molecule has 4 N–H and O–H groups in total. The van der Waals surface area contributed by atoms with Crippen molar-refractivity contribution in [1.82, 2.24) is 40.8 Å². The number of benzene rings is 4. The van der Waals surface area contributed by atoms with Gasteiger partial charge in [0.2, 0.25) is 11.8 Å². The number of aromatic nitrogens is 4. The van der Waals surface area contributed by atoms with Crippen molar-refractivity contribution in [2.45, 2.75) is 196 Å². The number of unbranched alkanes of at least 4 members (excludes halogenated alkanes) is 2. The third kappa shape index (κ3) is 20.8. The van der Waals surface area contributed by atoms with E-state index in [0.717, 1.165) is 97.8 Å². The van der Waals surface area contributed by atoms with E-state index in [4.69, 9.17) is 29.1 Å². The zero-order valence-electron chi connectivity index (χ0n) is 54.0. The van der Waals surface area contributed by atoms with Gasteiger partial charge in [0.05, 0.1) is 42.8 Å². The Hall–Kier alpha value is -7.62. The van der Waals surface area contributed by atoms with Crippen LogP contribution in [0, 0.1) is 23.7 Å². The first-order chi connectivity index (χ1) is 42.7. The second-order valence-electron chi connectivity index (χ2n) is 25.0. The number of nitrogens with zero attached hydrogens (tertiary/aromatic N) is 4. The van der Waals surface area contributed by atoms with Crippen LogP contribution in [0.25, 0.3) is 22.5 Å². The van der Waals surface area contributed by atoms with Crippen LogP contribution in [0.15, 0.2) is 109 Å². The molecule has 0 aliphatic heterocycles. The van der Waals surface area contributed by atoms with Crippen LogP contribution in [0.2, 0.25) is 0 Å². The molecule has 476 valence electrons. The molecule has 0 unspecified atom stereocenters. The van der Waals surface area contributed by atoms with Crippen LogP contribution in [0.3, 0.4) is 0 Å². The molecule has 2 aliphatic carbocycles. The average molecular weight is 1210 g/mol. The molecule has 2 saturated carbocycles. The summed E-state index contributed by atoms with van der Waals surface area (Å²) in [4.78, 5) is 52.8. The molecule has 4 aromatic carbocycles. The summed E-state index contributed by atoms with van der Waals surface area (Å²) in [5.41, 5.74) is 5.94. The van der Waals surface area contributed by atoms with Gasteiger partial charge >= 0.3 is 0 Å². The van der Waals surface area contributed by atoms with E-state index in [1.54, 1.807) is 14.2 Å². The van der Waals surface area contributed by atoms with Gasteiger partial charge in [-0.1, -0.05) is 153 Å². The molecular formula is C72H100N8O8. The van der Waals surface area contributed by atoms with Crippen molar-refractivity contribution in [2.75, 3.05) is 27.3 Å². The molecule has 2 aliphatic rings. The van der Waals surface area contributed by atoms with E-state index in [0.29, 0.717) is 104 Å². The van der Waals surface area contributed by atoms with Gasteiger partial charge in [-0.25, -0.2) is 0 Å². The monoisotopic (exact) mass is 1200 g/mol. The molecule has 0 radical (unpaired) electrons. The second kappa shape index (κ2) is 35.4. The van der Waals surface area contributed by atoms with Gasteiger partial charge in [0.1, 0.15) is 36.2 Å². The van der Waals surface area contributed by atoms with Crippen molar-refractivity contribution in [3.05, 3.63) is 132 Å². The minimum absolute atomic E-state index is 0.0397. The number of carbonyl (C=O) groups excluding carboxylic acids is 4. The van der Waals surface area contributed by atoms with Crippen molar-refractivity contribution >= 4 is 23.6 Å². The summed E-state index contributed by atoms with van der Waals surface area (Å²) in [6.07, 6.45) is 16.0. The smallest absolute Gasteiger partial charge is 0.272 e. The molecule has 6 aromatic rings. The Morgan fingerprint density at radius 2 is 1.01 bits per heavy atom. The highest BCUT2D eigenvalue weighted by Gasteiger charge is 2.31. The van der Waals surface area contributed by atoms with Gasteiger partial charge in [-0.05, 0) is 135 Å². The van der Waals surface area contributed by atoms with Gasteiger partial charge in [-0.15, -0.1) is 0 Å². The lowest BCUT2D eigenvalue weighted by Gasteiger charge is -2.28. The fourth-order valence-electron chi connectivity index (χ4n) is 12.0.